The maximum atomic E-state index is 12.1. The van der Waals surface area contributed by atoms with Gasteiger partial charge in [0.05, 0.1) is 0 Å². The largest absolute Gasteiger partial charge is 0.483 e. The highest BCUT2D eigenvalue weighted by Crippen LogP contribution is 2.28. The van der Waals surface area contributed by atoms with Crippen LogP contribution in [0.2, 0.25) is 0 Å². The average molecular weight is 347 g/mol. The molecule has 0 saturated heterocycles. The number of aryl methyl sites for hydroxylation is 2. The number of ether oxygens (including phenoxy) is 1. The molecule has 0 aliphatic rings. The van der Waals surface area contributed by atoms with Crippen LogP contribution < -0.4 is 10.1 Å². The van der Waals surface area contributed by atoms with E-state index in [2.05, 4.69) is 35.4 Å². The molecule has 0 spiro atoms. The van der Waals surface area contributed by atoms with Crippen molar-refractivity contribution in [1.82, 2.24) is 10.2 Å². The molecule has 2 aromatic rings. The summed E-state index contributed by atoms with van der Waals surface area (Å²) in [5.41, 5.74) is 3.33. The molecule has 0 bridgehead atoms. The highest BCUT2D eigenvalue weighted by molar-refractivity contribution is 7.15. The molecule has 0 radical (unpaired) electrons. The van der Waals surface area contributed by atoms with Gasteiger partial charge in [-0.05, 0) is 56.4 Å². The van der Waals surface area contributed by atoms with Crippen LogP contribution in [0.25, 0.3) is 0 Å². The van der Waals surface area contributed by atoms with E-state index >= 15 is 0 Å². The molecule has 2 rings (SSSR count). The summed E-state index contributed by atoms with van der Waals surface area (Å²) in [5.74, 6) is 0.931. The van der Waals surface area contributed by atoms with Crippen molar-refractivity contribution < 1.29 is 9.53 Å². The summed E-state index contributed by atoms with van der Waals surface area (Å²) in [7, 11) is 0. The maximum Gasteiger partial charge on any atom is 0.264 e. The lowest BCUT2D eigenvalue weighted by Crippen LogP contribution is -2.20. The van der Waals surface area contributed by atoms with E-state index in [9.17, 15) is 4.79 Å². The van der Waals surface area contributed by atoms with Gasteiger partial charge in [-0.3, -0.25) is 10.1 Å². The first-order valence-corrected chi connectivity index (χ1v) is 9.10. The Balaban J connectivity index is 1.95. The SMILES string of the molecule is CCC(CC)c1nnc(NC(=O)COc2cc(C)cc(C)c2C)s1. The molecule has 1 N–H and O–H groups in total. The van der Waals surface area contributed by atoms with Crippen molar-refractivity contribution in [2.24, 2.45) is 0 Å². The Labute approximate surface area is 147 Å². The van der Waals surface area contributed by atoms with E-state index < -0.39 is 0 Å². The van der Waals surface area contributed by atoms with E-state index in [4.69, 9.17) is 4.74 Å². The van der Waals surface area contributed by atoms with Gasteiger partial charge in [-0.2, -0.15) is 0 Å². The predicted molar refractivity (Wildman–Crippen MR) is 98.0 cm³/mol. The number of carbonyl (C=O) groups is 1. The van der Waals surface area contributed by atoms with Crippen molar-refractivity contribution >= 4 is 22.4 Å². The van der Waals surface area contributed by atoms with Crippen LogP contribution in [-0.2, 0) is 4.79 Å². The predicted octanol–water partition coefficient (Wildman–Crippen LogP) is 4.38. The molecule has 1 aromatic carbocycles. The molecular weight excluding hydrogens is 322 g/mol. The van der Waals surface area contributed by atoms with E-state index in [1.165, 1.54) is 11.3 Å². The zero-order valence-corrected chi connectivity index (χ0v) is 15.8. The fraction of sp³-hybridized carbons (Fsp3) is 0.500. The molecule has 0 aliphatic heterocycles. The van der Waals surface area contributed by atoms with Crippen molar-refractivity contribution in [3.05, 3.63) is 33.8 Å². The summed E-state index contributed by atoms with van der Waals surface area (Å²) in [6.45, 7) is 10.3. The second-order valence-corrected chi connectivity index (χ2v) is 7.01. The molecule has 0 unspecified atom stereocenters. The van der Waals surface area contributed by atoms with E-state index in [1.54, 1.807) is 0 Å². The van der Waals surface area contributed by atoms with Gasteiger partial charge in [-0.1, -0.05) is 31.3 Å². The van der Waals surface area contributed by atoms with E-state index in [0.717, 1.165) is 40.3 Å². The minimum absolute atomic E-state index is 0.0381. The van der Waals surface area contributed by atoms with Gasteiger partial charge in [0, 0.05) is 5.92 Å². The number of anilines is 1. The van der Waals surface area contributed by atoms with Crippen molar-refractivity contribution in [3.63, 3.8) is 0 Å². The average Bonchev–Trinajstić information content (AvgIpc) is 2.99. The summed E-state index contributed by atoms with van der Waals surface area (Å²) in [5, 5.41) is 12.5. The van der Waals surface area contributed by atoms with E-state index in [1.807, 2.05) is 26.8 Å². The van der Waals surface area contributed by atoms with Crippen LogP contribution in [0.3, 0.4) is 0 Å². The number of benzene rings is 1. The van der Waals surface area contributed by atoms with E-state index in [-0.39, 0.29) is 12.5 Å². The van der Waals surface area contributed by atoms with Gasteiger partial charge in [0.1, 0.15) is 10.8 Å². The van der Waals surface area contributed by atoms with Gasteiger partial charge in [0.2, 0.25) is 5.13 Å². The van der Waals surface area contributed by atoms with Gasteiger partial charge in [-0.25, -0.2) is 0 Å². The number of nitrogens with one attached hydrogen (secondary N) is 1. The molecule has 1 heterocycles. The first-order valence-electron chi connectivity index (χ1n) is 8.28. The van der Waals surface area contributed by atoms with Crippen molar-refractivity contribution in [1.29, 1.82) is 0 Å². The lowest BCUT2D eigenvalue weighted by atomic mass is 10.1. The molecule has 6 heteroatoms. The highest BCUT2D eigenvalue weighted by atomic mass is 32.1. The summed E-state index contributed by atoms with van der Waals surface area (Å²) in [4.78, 5) is 12.1. The van der Waals surface area contributed by atoms with Crippen molar-refractivity contribution in [3.8, 4) is 5.75 Å². The number of carbonyl (C=O) groups excluding carboxylic acids is 1. The molecular formula is C18H25N3O2S. The molecule has 5 nitrogen and oxygen atoms in total. The second kappa shape index (κ2) is 8.24. The fourth-order valence-corrected chi connectivity index (χ4v) is 3.56. The van der Waals surface area contributed by atoms with Gasteiger partial charge in [-0.15, -0.1) is 10.2 Å². The van der Waals surface area contributed by atoms with Crippen molar-refractivity contribution in [2.75, 3.05) is 11.9 Å². The molecule has 24 heavy (non-hydrogen) atoms. The third-order valence-corrected chi connectivity index (χ3v) is 5.15. The Morgan fingerprint density at radius 1 is 1.21 bits per heavy atom. The first kappa shape index (κ1) is 18.4. The van der Waals surface area contributed by atoms with Gasteiger partial charge in [0.15, 0.2) is 6.61 Å². The fourth-order valence-electron chi connectivity index (χ4n) is 2.54. The Kier molecular flexibility index (Phi) is 6.31. The first-order chi connectivity index (χ1) is 11.4. The topological polar surface area (TPSA) is 64.1 Å². The van der Waals surface area contributed by atoms with Crippen LogP contribution in [0, 0.1) is 20.8 Å². The maximum absolute atomic E-state index is 12.1. The van der Waals surface area contributed by atoms with Crippen LogP contribution in [0.5, 0.6) is 5.75 Å². The van der Waals surface area contributed by atoms with Gasteiger partial charge in [0.25, 0.3) is 5.91 Å². The molecule has 1 amide bonds. The summed E-state index contributed by atoms with van der Waals surface area (Å²) < 4.78 is 5.67. The Hall–Kier alpha value is -1.95. The number of hydrogen-bond donors (Lipinski definition) is 1. The smallest absolute Gasteiger partial charge is 0.264 e. The second-order valence-electron chi connectivity index (χ2n) is 6.00. The van der Waals surface area contributed by atoms with E-state index in [0.29, 0.717) is 11.0 Å². The minimum atomic E-state index is -0.221. The van der Waals surface area contributed by atoms with Crippen LogP contribution in [0.1, 0.15) is 54.3 Å². The quantitative estimate of drug-likeness (QED) is 0.807. The van der Waals surface area contributed by atoms with Crippen molar-refractivity contribution in [2.45, 2.75) is 53.4 Å². The molecule has 0 aliphatic carbocycles. The zero-order valence-electron chi connectivity index (χ0n) is 15.0. The number of rotatable bonds is 7. The molecule has 0 atom stereocenters. The lowest BCUT2D eigenvalue weighted by molar-refractivity contribution is -0.118. The molecule has 0 fully saturated rings. The number of aromatic nitrogens is 2. The van der Waals surface area contributed by atoms with Crippen LogP contribution >= 0.6 is 11.3 Å². The van der Waals surface area contributed by atoms with Crippen LogP contribution in [0.15, 0.2) is 12.1 Å². The molecule has 1 aromatic heterocycles. The summed E-state index contributed by atoms with van der Waals surface area (Å²) in [6.07, 6.45) is 2.04. The zero-order chi connectivity index (χ0) is 17.7. The Bertz CT molecular complexity index is 708. The Morgan fingerprint density at radius 3 is 2.58 bits per heavy atom. The third-order valence-electron chi connectivity index (χ3n) is 4.14. The summed E-state index contributed by atoms with van der Waals surface area (Å²) >= 11 is 1.44. The Morgan fingerprint density at radius 2 is 1.92 bits per heavy atom. The standard InChI is InChI=1S/C18H25N3O2S/c1-6-14(7-2)17-20-21-18(24-17)19-16(22)10-23-15-9-11(3)8-12(4)13(15)5/h8-9,14H,6-7,10H2,1-5H3,(H,19,21,22). The normalized spacial score (nSPS) is 10.9. The van der Waals surface area contributed by atoms with Gasteiger partial charge < -0.3 is 4.74 Å². The molecule has 130 valence electrons. The molecule has 0 saturated carbocycles. The van der Waals surface area contributed by atoms with Crippen LogP contribution in [-0.4, -0.2) is 22.7 Å². The summed E-state index contributed by atoms with van der Waals surface area (Å²) in [6, 6.07) is 4.05. The van der Waals surface area contributed by atoms with Gasteiger partial charge >= 0.3 is 0 Å². The minimum Gasteiger partial charge on any atom is -0.483 e. The third kappa shape index (κ3) is 4.54. The number of amides is 1. The number of hydrogen-bond acceptors (Lipinski definition) is 5. The monoisotopic (exact) mass is 347 g/mol. The van der Waals surface area contributed by atoms with Crippen LogP contribution in [0.4, 0.5) is 5.13 Å². The number of nitrogens with zero attached hydrogens (tertiary/aromatic N) is 2. The lowest BCUT2D eigenvalue weighted by Gasteiger charge is -2.11. The highest BCUT2D eigenvalue weighted by Gasteiger charge is 2.15.